The van der Waals surface area contributed by atoms with Crippen molar-refractivity contribution in [2.75, 3.05) is 0 Å². The first kappa shape index (κ1) is 17.2. The maximum Gasteiger partial charge on any atom is 0.303 e. The molecule has 0 fully saturated rings. The highest BCUT2D eigenvalue weighted by Gasteiger charge is 2.07. The maximum atomic E-state index is 11.0. The Labute approximate surface area is 166 Å². The van der Waals surface area contributed by atoms with Gasteiger partial charge in [0.25, 0.3) is 0 Å². The Hall–Kier alpha value is -3.93. The number of carboxylic acid groups (broad SMARTS) is 1. The number of carboxylic acids is 1. The Bertz CT molecular complexity index is 1340. The predicted molar refractivity (Wildman–Crippen MR) is 115 cm³/mol. The van der Waals surface area contributed by atoms with Crippen molar-refractivity contribution in [3.8, 4) is 0 Å². The van der Waals surface area contributed by atoms with Crippen LogP contribution in [0.5, 0.6) is 0 Å². The number of hydrogen-bond acceptors (Lipinski definition) is 3. The number of nitrogens with zero attached hydrogens (tertiary/aromatic N) is 2. The van der Waals surface area contributed by atoms with E-state index in [0.717, 1.165) is 50.4 Å². The van der Waals surface area contributed by atoms with Gasteiger partial charge in [-0.05, 0) is 78.8 Å². The number of aromatic amines is 2. The molecule has 5 heterocycles. The summed E-state index contributed by atoms with van der Waals surface area (Å²) in [5, 5.41) is 9.08. The number of aromatic nitrogens is 4. The average molecular weight is 382 g/mol. The summed E-state index contributed by atoms with van der Waals surface area (Å²) in [5.41, 5.74) is 8.04. The summed E-state index contributed by atoms with van der Waals surface area (Å²) in [6.07, 6.45) is 8.38. The molecule has 3 aromatic heterocycles. The van der Waals surface area contributed by atoms with Crippen molar-refractivity contribution >= 4 is 52.3 Å². The fraction of sp³-hybridized carbons (Fsp3) is 0.0870. The lowest BCUT2D eigenvalue weighted by Gasteiger charge is -1.94. The molecule has 2 aliphatic rings. The predicted octanol–water partition coefficient (Wildman–Crippen LogP) is 4.67. The number of aryl methyl sites for hydroxylation is 1. The van der Waals surface area contributed by atoms with E-state index < -0.39 is 5.97 Å². The van der Waals surface area contributed by atoms with Crippen LogP contribution >= 0.6 is 0 Å². The quantitative estimate of drug-likeness (QED) is 0.422. The maximum absolute atomic E-state index is 11.0. The first-order valence-corrected chi connectivity index (χ1v) is 9.40. The average Bonchev–Trinajstić information content (AvgIpc) is 3.45. The molecule has 0 saturated carbocycles. The minimum Gasteiger partial charge on any atom is -0.481 e. The number of H-pyrrole nitrogens is 2. The van der Waals surface area contributed by atoms with Gasteiger partial charge in [0, 0.05) is 28.5 Å². The van der Waals surface area contributed by atoms with Crippen molar-refractivity contribution in [2.45, 2.75) is 12.8 Å². The Morgan fingerprint density at radius 1 is 0.759 bits per heavy atom. The van der Waals surface area contributed by atoms with E-state index in [1.54, 1.807) is 0 Å². The molecule has 3 aromatic rings. The van der Waals surface area contributed by atoms with E-state index in [1.165, 1.54) is 0 Å². The number of aliphatic carboxylic acids is 1. The molecule has 0 amide bonds. The lowest BCUT2D eigenvalue weighted by molar-refractivity contribution is -0.136. The van der Waals surface area contributed by atoms with Gasteiger partial charge in [-0.15, -0.1) is 0 Å². The van der Waals surface area contributed by atoms with Crippen molar-refractivity contribution in [2.24, 2.45) is 0 Å². The molecule has 6 heteroatoms. The van der Waals surface area contributed by atoms with Crippen LogP contribution in [0.15, 0.2) is 42.5 Å². The van der Waals surface area contributed by atoms with Crippen molar-refractivity contribution in [3.63, 3.8) is 0 Å². The zero-order valence-electron chi connectivity index (χ0n) is 15.5. The van der Waals surface area contributed by atoms with Crippen molar-refractivity contribution < 1.29 is 9.90 Å². The zero-order chi connectivity index (χ0) is 19.8. The van der Waals surface area contributed by atoms with Crippen LogP contribution in [0, 0.1) is 0 Å². The number of fused-ring (bicyclic) bond motifs is 8. The second kappa shape index (κ2) is 6.91. The first-order chi connectivity index (χ1) is 14.1. The summed E-state index contributed by atoms with van der Waals surface area (Å²) in [6, 6.07) is 13.9. The van der Waals surface area contributed by atoms with Crippen LogP contribution in [-0.4, -0.2) is 31.0 Å². The van der Waals surface area contributed by atoms with Crippen LogP contribution in [0.3, 0.4) is 0 Å². The molecule has 0 aromatic carbocycles. The number of rotatable bonds is 3. The summed E-state index contributed by atoms with van der Waals surface area (Å²) < 4.78 is 0. The van der Waals surface area contributed by atoms with Crippen molar-refractivity contribution in [1.29, 1.82) is 0 Å². The minimum absolute atomic E-state index is 0.0813. The molecule has 8 bridgehead atoms. The van der Waals surface area contributed by atoms with Gasteiger partial charge in [-0.25, -0.2) is 9.97 Å². The van der Waals surface area contributed by atoms with E-state index in [-0.39, 0.29) is 6.42 Å². The van der Waals surface area contributed by atoms with Gasteiger partial charge >= 0.3 is 5.97 Å². The van der Waals surface area contributed by atoms with Crippen molar-refractivity contribution in [1.82, 2.24) is 19.9 Å². The third-order valence-corrected chi connectivity index (χ3v) is 4.86. The SMILES string of the molecule is O=C(O)CCc1cc2cc3ccc(cc4nc(cc5nc(cc1[nH]2)C=C5)C=C4)[nH]3. The smallest absolute Gasteiger partial charge is 0.303 e. The molecular weight excluding hydrogens is 364 g/mol. The Morgan fingerprint density at radius 3 is 2.07 bits per heavy atom. The van der Waals surface area contributed by atoms with Gasteiger partial charge in [0.2, 0.25) is 0 Å². The molecule has 0 atom stereocenters. The summed E-state index contributed by atoms with van der Waals surface area (Å²) in [5.74, 6) is -0.810. The molecule has 5 rings (SSSR count). The highest BCUT2D eigenvalue weighted by molar-refractivity contribution is 5.78. The van der Waals surface area contributed by atoms with E-state index in [0.29, 0.717) is 6.42 Å². The Kier molecular flexibility index (Phi) is 4.09. The van der Waals surface area contributed by atoms with Gasteiger partial charge in [-0.1, -0.05) is 0 Å². The third kappa shape index (κ3) is 3.73. The molecule has 0 unspecified atom stereocenters. The Morgan fingerprint density at radius 2 is 1.38 bits per heavy atom. The number of nitrogens with one attached hydrogen (secondary N) is 2. The second-order valence-electron chi connectivity index (χ2n) is 7.09. The van der Waals surface area contributed by atoms with Crippen LogP contribution in [0.1, 0.15) is 34.8 Å². The monoisotopic (exact) mass is 382 g/mol. The van der Waals surface area contributed by atoms with Crippen LogP contribution in [0.25, 0.3) is 46.4 Å². The highest BCUT2D eigenvalue weighted by Crippen LogP contribution is 2.20. The highest BCUT2D eigenvalue weighted by atomic mass is 16.4. The third-order valence-electron chi connectivity index (χ3n) is 4.86. The molecule has 3 N–H and O–H groups in total. The lowest BCUT2D eigenvalue weighted by atomic mass is 10.1. The molecule has 142 valence electrons. The number of hydrogen-bond donors (Lipinski definition) is 3. The fourth-order valence-electron chi connectivity index (χ4n) is 3.53. The van der Waals surface area contributed by atoms with Crippen LogP contribution < -0.4 is 0 Å². The van der Waals surface area contributed by atoms with Crippen LogP contribution in [-0.2, 0) is 11.2 Å². The van der Waals surface area contributed by atoms with Gasteiger partial charge in [0.1, 0.15) is 0 Å². The van der Waals surface area contributed by atoms with E-state index in [1.807, 2.05) is 66.8 Å². The van der Waals surface area contributed by atoms with E-state index in [9.17, 15) is 4.79 Å². The van der Waals surface area contributed by atoms with E-state index in [2.05, 4.69) is 19.9 Å². The summed E-state index contributed by atoms with van der Waals surface area (Å²) >= 11 is 0. The van der Waals surface area contributed by atoms with Crippen LogP contribution in [0.4, 0.5) is 0 Å². The largest absolute Gasteiger partial charge is 0.481 e. The van der Waals surface area contributed by atoms with Gasteiger partial charge in [0.05, 0.1) is 22.8 Å². The summed E-state index contributed by atoms with van der Waals surface area (Å²) in [6.45, 7) is 0. The first-order valence-electron chi connectivity index (χ1n) is 9.40. The summed E-state index contributed by atoms with van der Waals surface area (Å²) in [7, 11) is 0. The second-order valence-corrected chi connectivity index (χ2v) is 7.09. The minimum atomic E-state index is -0.810. The molecule has 0 saturated heterocycles. The normalized spacial score (nSPS) is 12.4. The van der Waals surface area contributed by atoms with E-state index in [4.69, 9.17) is 5.11 Å². The van der Waals surface area contributed by atoms with Crippen molar-refractivity contribution in [3.05, 3.63) is 70.8 Å². The van der Waals surface area contributed by atoms with Gasteiger partial charge < -0.3 is 15.1 Å². The standard InChI is InChI=1S/C23H18N4O2/c28-23(29)8-1-14-9-21-12-19-5-4-17(25-19)10-15-2-3-16(24-15)11-18-6-7-20(26-18)13-22(14)27-21/h2-7,9-13,25,27H,1,8H2,(H,28,29). The molecule has 6 nitrogen and oxygen atoms in total. The number of carbonyl (C=O) groups is 1. The molecule has 0 aliphatic carbocycles. The summed E-state index contributed by atoms with van der Waals surface area (Å²) in [4.78, 5) is 27.1. The molecule has 0 radical (unpaired) electrons. The van der Waals surface area contributed by atoms with Gasteiger partial charge in [0.15, 0.2) is 0 Å². The van der Waals surface area contributed by atoms with Crippen LogP contribution in [0.2, 0.25) is 0 Å². The topological polar surface area (TPSA) is 94.7 Å². The van der Waals surface area contributed by atoms with Gasteiger partial charge in [-0.3, -0.25) is 4.79 Å². The lowest BCUT2D eigenvalue weighted by Crippen LogP contribution is -1.96. The zero-order valence-corrected chi connectivity index (χ0v) is 15.5. The fourth-order valence-corrected chi connectivity index (χ4v) is 3.53. The van der Waals surface area contributed by atoms with Gasteiger partial charge in [-0.2, -0.15) is 0 Å². The molecule has 0 spiro atoms. The molecular formula is C23H18N4O2. The Balaban J connectivity index is 1.77. The molecule has 29 heavy (non-hydrogen) atoms. The van der Waals surface area contributed by atoms with E-state index >= 15 is 0 Å². The molecule has 2 aliphatic heterocycles.